The minimum atomic E-state index is -0.612. The summed E-state index contributed by atoms with van der Waals surface area (Å²) in [5.41, 5.74) is 1.12. The maximum atomic E-state index is 13.0. The largest absolute Gasteiger partial charge is 0.508 e. The van der Waals surface area contributed by atoms with Gasteiger partial charge >= 0.3 is 5.97 Å². The lowest BCUT2D eigenvalue weighted by Crippen LogP contribution is -2.22. The minimum Gasteiger partial charge on any atom is -0.508 e. The summed E-state index contributed by atoms with van der Waals surface area (Å²) in [5, 5.41) is 30.3. The van der Waals surface area contributed by atoms with Crippen molar-refractivity contribution in [3.63, 3.8) is 0 Å². The summed E-state index contributed by atoms with van der Waals surface area (Å²) in [7, 11) is 1.43. The Kier molecular flexibility index (Phi) is 4.70. The van der Waals surface area contributed by atoms with Crippen molar-refractivity contribution in [1.29, 1.82) is 0 Å². The Bertz CT molecular complexity index is 1470. The number of fused-ring (bicyclic) bond motifs is 3. The molecular formula is C25H18O8. The van der Waals surface area contributed by atoms with E-state index >= 15 is 0 Å². The SMILES string of the molecule is COc1ccc(C2CC(=O)Oc3cc(O)c4c(=O)cc(-c5ccc(O)cc5)oc4c32)cc1O. The number of esters is 1. The molecule has 8 heteroatoms. The predicted molar refractivity (Wildman–Crippen MR) is 118 cm³/mol. The van der Waals surface area contributed by atoms with Crippen LogP contribution in [0.1, 0.15) is 23.5 Å². The van der Waals surface area contributed by atoms with Gasteiger partial charge in [0.2, 0.25) is 0 Å². The standard InChI is InChI=1S/C25H18O8/c1-31-19-7-4-13(8-16(19)27)15-9-22(30)32-21-11-18(29)24-17(28)10-20(33-25(24)23(15)21)12-2-5-14(26)6-3-12/h2-8,10-11,15,26-27,29H,9H2,1H3. The quantitative estimate of drug-likeness (QED) is 0.318. The maximum absolute atomic E-state index is 13.0. The van der Waals surface area contributed by atoms with E-state index in [1.54, 1.807) is 24.3 Å². The van der Waals surface area contributed by atoms with E-state index in [9.17, 15) is 24.9 Å². The first-order valence-electron chi connectivity index (χ1n) is 10.1. The lowest BCUT2D eigenvalue weighted by molar-refractivity contribution is -0.135. The predicted octanol–water partition coefficient (Wildman–Crippen LogP) is 4.03. The summed E-state index contributed by atoms with van der Waals surface area (Å²) in [5.74, 6) is -1.00. The van der Waals surface area contributed by atoms with Crippen molar-refractivity contribution in [3.05, 3.63) is 75.9 Å². The minimum absolute atomic E-state index is 0.0445. The highest BCUT2D eigenvalue weighted by Gasteiger charge is 2.34. The first-order chi connectivity index (χ1) is 15.9. The van der Waals surface area contributed by atoms with Gasteiger partial charge in [0.25, 0.3) is 0 Å². The number of hydrogen-bond donors (Lipinski definition) is 3. The van der Waals surface area contributed by atoms with Gasteiger partial charge in [0.15, 0.2) is 16.9 Å². The smallest absolute Gasteiger partial charge is 0.312 e. The molecule has 0 bridgehead atoms. The van der Waals surface area contributed by atoms with E-state index in [0.29, 0.717) is 16.7 Å². The Morgan fingerprint density at radius 3 is 2.39 bits per heavy atom. The fourth-order valence-electron chi connectivity index (χ4n) is 4.14. The van der Waals surface area contributed by atoms with Gasteiger partial charge in [-0.1, -0.05) is 6.07 Å². The Morgan fingerprint density at radius 1 is 0.939 bits per heavy atom. The number of carbonyl (C=O) groups excluding carboxylic acids is 1. The van der Waals surface area contributed by atoms with Crippen molar-refractivity contribution >= 4 is 16.9 Å². The maximum Gasteiger partial charge on any atom is 0.312 e. The molecule has 1 aromatic heterocycles. The zero-order valence-electron chi connectivity index (χ0n) is 17.4. The monoisotopic (exact) mass is 446 g/mol. The number of ether oxygens (including phenoxy) is 2. The molecule has 4 aromatic rings. The lowest BCUT2D eigenvalue weighted by Gasteiger charge is -2.26. The molecule has 2 heterocycles. The molecule has 1 unspecified atom stereocenters. The Hall–Kier alpha value is -4.46. The molecule has 166 valence electrons. The van der Waals surface area contributed by atoms with E-state index in [4.69, 9.17) is 13.9 Å². The molecule has 0 fully saturated rings. The third-order valence-corrected chi connectivity index (χ3v) is 5.68. The second-order valence-corrected chi connectivity index (χ2v) is 7.70. The Morgan fingerprint density at radius 2 is 1.70 bits per heavy atom. The van der Waals surface area contributed by atoms with Crippen LogP contribution in [-0.4, -0.2) is 28.4 Å². The topological polar surface area (TPSA) is 126 Å². The van der Waals surface area contributed by atoms with Crippen LogP contribution in [0.4, 0.5) is 0 Å². The van der Waals surface area contributed by atoms with Crippen LogP contribution in [0.5, 0.6) is 28.7 Å². The average molecular weight is 446 g/mol. The molecular weight excluding hydrogens is 428 g/mol. The van der Waals surface area contributed by atoms with Crippen LogP contribution in [-0.2, 0) is 4.79 Å². The first kappa shape index (κ1) is 20.4. The highest BCUT2D eigenvalue weighted by Crippen LogP contribution is 2.47. The number of phenols is 3. The summed E-state index contributed by atoms with van der Waals surface area (Å²) >= 11 is 0. The van der Waals surface area contributed by atoms with Gasteiger partial charge in [0.05, 0.1) is 13.5 Å². The van der Waals surface area contributed by atoms with Crippen LogP contribution in [0.15, 0.2) is 63.8 Å². The number of phenolic OH excluding ortho intramolecular Hbond substituents is 3. The molecule has 1 aliphatic rings. The zero-order valence-corrected chi connectivity index (χ0v) is 17.4. The van der Waals surface area contributed by atoms with E-state index in [1.165, 1.54) is 37.4 Å². The van der Waals surface area contributed by atoms with Gasteiger partial charge in [0, 0.05) is 29.2 Å². The molecule has 3 aromatic carbocycles. The third kappa shape index (κ3) is 3.41. The van der Waals surface area contributed by atoms with Crippen molar-refractivity contribution in [3.8, 4) is 40.1 Å². The summed E-state index contributed by atoms with van der Waals surface area (Å²) in [6.45, 7) is 0. The molecule has 8 nitrogen and oxygen atoms in total. The summed E-state index contributed by atoms with van der Waals surface area (Å²) in [6, 6.07) is 13.3. The van der Waals surface area contributed by atoms with Crippen molar-refractivity contribution in [2.75, 3.05) is 7.11 Å². The van der Waals surface area contributed by atoms with Gasteiger partial charge in [0.1, 0.15) is 34.0 Å². The van der Waals surface area contributed by atoms with Gasteiger partial charge < -0.3 is 29.2 Å². The van der Waals surface area contributed by atoms with E-state index in [-0.39, 0.29) is 51.9 Å². The normalized spacial score (nSPS) is 15.2. The van der Waals surface area contributed by atoms with E-state index in [2.05, 4.69) is 0 Å². The van der Waals surface area contributed by atoms with Crippen LogP contribution in [0.2, 0.25) is 0 Å². The van der Waals surface area contributed by atoms with Crippen molar-refractivity contribution in [2.24, 2.45) is 0 Å². The molecule has 0 saturated carbocycles. The van der Waals surface area contributed by atoms with Crippen molar-refractivity contribution in [2.45, 2.75) is 12.3 Å². The van der Waals surface area contributed by atoms with Crippen LogP contribution in [0.3, 0.4) is 0 Å². The molecule has 1 atom stereocenters. The molecule has 0 saturated heterocycles. The Balaban J connectivity index is 1.79. The number of methoxy groups -OCH3 is 1. The second-order valence-electron chi connectivity index (χ2n) is 7.70. The van der Waals surface area contributed by atoms with Gasteiger partial charge in [-0.25, -0.2) is 0 Å². The number of rotatable bonds is 3. The number of benzene rings is 3. The average Bonchev–Trinajstić information content (AvgIpc) is 2.78. The van der Waals surface area contributed by atoms with Gasteiger partial charge in [-0.2, -0.15) is 0 Å². The summed E-state index contributed by atoms with van der Waals surface area (Å²) < 4.78 is 16.6. The molecule has 33 heavy (non-hydrogen) atoms. The van der Waals surface area contributed by atoms with Crippen molar-refractivity contribution in [1.82, 2.24) is 0 Å². The van der Waals surface area contributed by atoms with E-state index in [0.717, 1.165) is 0 Å². The fraction of sp³-hybridized carbons (Fsp3) is 0.120. The molecule has 0 radical (unpaired) electrons. The van der Waals surface area contributed by atoms with Gasteiger partial charge in [-0.15, -0.1) is 0 Å². The zero-order chi connectivity index (χ0) is 23.3. The Labute approximate surface area is 186 Å². The van der Waals surface area contributed by atoms with Crippen LogP contribution >= 0.6 is 0 Å². The lowest BCUT2D eigenvalue weighted by atomic mass is 9.85. The van der Waals surface area contributed by atoms with Crippen molar-refractivity contribution < 1.29 is 34.0 Å². The molecule has 1 aliphatic heterocycles. The van der Waals surface area contributed by atoms with Crippen LogP contribution < -0.4 is 14.9 Å². The van der Waals surface area contributed by atoms with Gasteiger partial charge in [-0.05, 0) is 42.0 Å². The van der Waals surface area contributed by atoms with Gasteiger partial charge in [-0.3, -0.25) is 9.59 Å². The second kappa shape index (κ2) is 7.59. The van der Waals surface area contributed by atoms with E-state index < -0.39 is 17.3 Å². The third-order valence-electron chi connectivity index (χ3n) is 5.68. The molecule has 3 N–H and O–H groups in total. The number of aromatic hydroxyl groups is 3. The fourth-order valence-corrected chi connectivity index (χ4v) is 4.14. The van der Waals surface area contributed by atoms with Crippen LogP contribution in [0.25, 0.3) is 22.3 Å². The first-order valence-corrected chi connectivity index (χ1v) is 10.1. The number of carbonyl (C=O) groups is 1. The molecule has 0 aliphatic carbocycles. The molecule has 5 rings (SSSR count). The molecule has 0 spiro atoms. The van der Waals surface area contributed by atoms with Crippen LogP contribution in [0, 0.1) is 0 Å². The highest BCUT2D eigenvalue weighted by atomic mass is 16.5. The number of hydrogen-bond acceptors (Lipinski definition) is 8. The summed E-state index contributed by atoms with van der Waals surface area (Å²) in [6.07, 6.45) is -0.0637. The van der Waals surface area contributed by atoms with E-state index in [1.807, 2.05) is 0 Å². The molecule has 0 amide bonds. The highest BCUT2D eigenvalue weighted by molar-refractivity contribution is 5.93. The summed E-state index contributed by atoms with van der Waals surface area (Å²) in [4.78, 5) is 25.3.